The lowest BCUT2D eigenvalue weighted by Gasteiger charge is -2.04. The van der Waals surface area contributed by atoms with Crippen LogP contribution in [0.1, 0.15) is 15.9 Å². The fourth-order valence-corrected chi connectivity index (χ4v) is 0.944. The van der Waals surface area contributed by atoms with Gasteiger partial charge >= 0.3 is 0 Å². The average Bonchev–Trinajstić information content (AvgIpc) is 2.17. The number of rotatable bonds is 2. The van der Waals surface area contributed by atoms with E-state index in [9.17, 15) is 9.90 Å². The molecule has 0 amide bonds. The van der Waals surface area contributed by atoms with Crippen LogP contribution in [0.25, 0.3) is 0 Å². The van der Waals surface area contributed by atoms with Crippen LogP contribution >= 0.6 is 0 Å². The lowest BCUT2D eigenvalue weighted by atomic mass is 10.1. The third-order valence-electron chi connectivity index (χ3n) is 1.60. The van der Waals surface area contributed by atoms with E-state index in [1.54, 1.807) is 6.07 Å². The molecular formula is C9H7NO3. The predicted octanol–water partition coefficient (Wildman–Crippen LogP) is 1.08. The fourth-order valence-electron chi connectivity index (χ4n) is 0.944. The van der Waals surface area contributed by atoms with Crippen LogP contribution in [-0.4, -0.2) is 18.5 Å². The number of ether oxygens (including phenoxy) is 1. The molecule has 13 heavy (non-hydrogen) atoms. The van der Waals surface area contributed by atoms with E-state index in [0.29, 0.717) is 6.29 Å². The quantitative estimate of drug-likeness (QED) is 0.686. The van der Waals surface area contributed by atoms with Gasteiger partial charge in [-0.1, -0.05) is 0 Å². The largest absolute Gasteiger partial charge is 0.506 e. The Morgan fingerprint density at radius 2 is 2.31 bits per heavy atom. The molecule has 0 atom stereocenters. The molecule has 0 saturated carbocycles. The number of benzene rings is 1. The first-order valence-corrected chi connectivity index (χ1v) is 3.49. The summed E-state index contributed by atoms with van der Waals surface area (Å²) in [6.07, 6.45) is 0.569. The Balaban J connectivity index is 3.36. The predicted molar refractivity (Wildman–Crippen MR) is 44.8 cm³/mol. The molecule has 1 N–H and O–H groups in total. The van der Waals surface area contributed by atoms with Gasteiger partial charge in [-0.25, -0.2) is 0 Å². The Morgan fingerprint density at radius 3 is 2.77 bits per heavy atom. The van der Waals surface area contributed by atoms with Crippen molar-refractivity contribution >= 4 is 6.29 Å². The number of aromatic hydroxyl groups is 1. The maximum absolute atomic E-state index is 10.5. The molecule has 0 saturated heterocycles. The van der Waals surface area contributed by atoms with E-state index >= 15 is 0 Å². The monoisotopic (exact) mass is 177 g/mol. The zero-order valence-corrected chi connectivity index (χ0v) is 6.94. The smallest absolute Gasteiger partial charge is 0.153 e. The van der Waals surface area contributed by atoms with Gasteiger partial charge in [0.05, 0.1) is 18.2 Å². The molecule has 0 fully saturated rings. The molecule has 1 aromatic carbocycles. The van der Waals surface area contributed by atoms with Gasteiger partial charge in [0.2, 0.25) is 0 Å². The van der Waals surface area contributed by atoms with Crippen LogP contribution in [0.3, 0.4) is 0 Å². The highest BCUT2D eigenvalue weighted by molar-refractivity contribution is 5.81. The van der Waals surface area contributed by atoms with Crippen molar-refractivity contribution in [3.05, 3.63) is 23.3 Å². The van der Waals surface area contributed by atoms with Crippen molar-refractivity contribution < 1.29 is 14.6 Å². The SMILES string of the molecule is COc1cc(O)c(C#N)cc1C=O. The number of phenolic OH excluding ortho intramolecular Hbond substituents is 1. The third kappa shape index (κ3) is 1.59. The number of hydrogen-bond acceptors (Lipinski definition) is 4. The highest BCUT2D eigenvalue weighted by atomic mass is 16.5. The molecule has 0 aliphatic rings. The maximum atomic E-state index is 10.5. The summed E-state index contributed by atoms with van der Waals surface area (Å²) < 4.78 is 4.82. The van der Waals surface area contributed by atoms with Crippen LogP contribution in [0.15, 0.2) is 12.1 Å². The number of phenols is 1. The summed E-state index contributed by atoms with van der Waals surface area (Å²) in [7, 11) is 1.38. The molecule has 0 radical (unpaired) electrons. The van der Waals surface area contributed by atoms with E-state index in [-0.39, 0.29) is 22.6 Å². The van der Waals surface area contributed by atoms with Crippen LogP contribution in [0.4, 0.5) is 0 Å². The van der Waals surface area contributed by atoms with E-state index < -0.39 is 0 Å². The Hall–Kier alpha value is -2.02. The van der Waals surface area contributed by atoms with Gasteiger partial charge in [-0.3, -0.25) is 4.79 Å². The molecule has 0 aliphatic heterocycles. The molecule has 0 unspecified atom stereocenters. The summed E-state index contributed by atoms with van der Waals surface area (Å²) in [6, 6.07) is 4.27. The normalized spacial score (nSPS) is 8.92. The van der Waals surface area contributed by atoms with Crippen molar-refractivity contribution in [2.24, 2.45) is 0 Å². The minimum Gasteiger partial charge on any atom is -0.506 e. The Labute approximate surface area is 75.0 Å². The number of nitriles is 1. The number of carbonyl (C=O) groups is 1. The van der Waals surface area contributed by atoms with Crippen molar-refractivity contribution in [3.8, 4) is 17.6 Å². The Morgan fingerprint density at radius 1 is 1.62 bits per heavy atom. The first kappa shape index (κ1) is 9.07. The summed E-state index contributed by atoms with van der Waals surface area (Å²) in [4.78, 5) is 10.5. The lowest BCUT2D eigenvalue weighted by molar-refractivity contribution is 0.112. The molecular weight excluding hydrogens is 170 g/mol. The summed E-state index contributed by atoms with van der Waals surface area (Å²) in [5.74, 6) is 0.0662. The minimum absolute atomic E-state index is 0.0582. The second-order valence-electron chi connectivity index (χ2n) is 2.34. The van der Waals surface area contributed by atoms with Gasteiger partial charge < -0.3 is 9.84 Å². The van der Waals surface area contributed by atoms with Gasteiger partial charge in [-0.2, -0.15) is 5.26 Å². The van der Waals surface area contributed by atoms with Crippen LogP contribution in [0.2, 0.25) is 0 Å². The van der Waals surface area contributed by atoms with Gasteiger partial charge in [-0.15, -0.1) is 0 Å². The van der Waals surface area contributed by atoms with Crippen LogP contribution in [0, 0.1) is 11.3 Å². The molecule has 66 valence electrons. The van der Waals surface area contributed by atoms with Crippen LogP contribution in [0.5, 0.6) is 11.5 Å². The van der Waals surface area contributed by atoms with Gasteiger partial charge in [0.1, 0.15) is 17.6 Å². The number of aldehydes is 1. The average molecular weight is 177 g/mol. The van der Waals surface area contributed by atoms with Crippen molar-refractivity contribution in [3.63, 3.8) is 0 Å². The number of hydrogen-bond donors (Lipinski definition) is 1. The maximum Gasteiger partial charge on any atom is 0.153 e. The highest BCUT2D eigenvalue weighted by Gasteiger charge is 2.08. The van der Waals surface area contributed by atoms with Crippen molar-refractivity contribution in [2.45, 2.75) is 0 Å². The first-order chi connectivity index (χ1) is 6.22. The molecule has 0 heterocycles. The molecule has 4 heteroatoms. The van der Waals surface area contributed by atoms with Gasteiger partial charge in [-0.05, 0) is 6.07 Å². The lowest BCUT2D eigenvalue weighted by Crippen LogP contribution is -1.91. The topological polar surface area (TPSA) is 70.3 Å². The number of nitrogens with zero attached hydrogens (tertiary/aromatic N) is 1. The zero-order valence-electron chi connectivity index (χ0n) is 6.94. The van der Waals surface area contributed by atoms with E-state index in [4.69, 9.17) is 10.00 Å². The zero-order chi connectivity index (χ0) is 9.84. The van der Waals surface area contributed by atoms with Crippen molar-refractivity contribution in [1.29, 1.82) is 5.26 Å². The highest BCUT2D eigenvalue weighted by Crippen LogP contribution is 2.26. The van der Waals surface area contributed by atoms with E-state index in [1.807, 2.05) is 0 Å². The molecule has 0 aromatic heterocycles. The molecule has 0 bridgehead atoms. The molecule has 1 rings (SSSR count). The van der Waals surface area contributed by atoms with Gasteiger partial charge in [0, 0.05) is 6.07 Å². The standard InChI is InChI=1S/C9H7NO3/c1-13-9-3-8(12)6(4-10)2-7(9)5-11/h2-3,5,12H,1H3. The minimum atomic E-state index is -0.190. The molecule has 4 nitrogen and oxygen atoms in total. The molecule has 1 aromatic rings. The van der Waals surface area contributed by atoms with Crippen LogP contribution < -0.4 is 4.74 Å². The second-order valence-corrected chi connectivity index (χ2v) is 2.34. The van der Waals surface area contributed by atoms with E-state index in [0.717, 1.165) is 0 Å². The summed E-state index contributed by atoms with van der Waals surface area (Å²) in [5.41, 5.74) is 0.305. The van der Waals surface area contributed by atoms with E-state index in [2.05, 4.69) is 0 Å². The summed E-state index contributed by atoms with van der Waals surface area (Å²) in [6.45, 7) is 0. The van der Waals surface area contributed by atoms with Crippen molar-refractivity contribution in [2.75, 3.05) is 7.11 Å². The molecule has 0 aliphatic carbocycles. The summed E-state index contributed by atoms with van der Waals surface area (Å²) >= 11 is 0. The van der Waals surface area contributed by atoms with Gasteiger partial charge in [0.25, 0.3) is 0 Å². The Kier molecular flexibility index (Phi) is 2.50. The number of methoxy groups -OCH3 is 1. The van der Waals surface area contributed by atoms with Crippen LogP contribution in [-0.2, 0) is 0 Å². The first-order valence-electron chi connectivity index (χ1n) is 3.49. The Bertz CT molecular complexity index is 379. The second kappa shape index (κ2) is 3.59. The van der Waals surface area contributed by atoms with Gasteiger partial charge in [0.15, 0.2) is 6.29 Å². The molecule has 0 spiro atoms. The fraction of sp³-hybridized carbons (Fsp3) is 0.111. The van der Waals surface area contributed by atoms with Crippen molar-refractivity contribution in [1.82, 2.24) is 0 Å². The third-order valence-corrected chi connectivity index (χ3v) is 1.60. The van der Waals surface area contributed by atoms with E-state index in [1.165, 1.54) is 19.2 Å². The number of carbonyl (C=O) groups excluding carboxylic acids is 1. The summed E-state index contributed by atoms with van der Waals surface area (Å²) in [5, 5.41) is 17.8.